The molecule has 9 nitrogen and oxygen atoms in total. The van der Waals surface area contributed by atoms with Gasteiger partial charge in [0.05, 0.1) is 32.8 Å². The number of urea groups is 1. The maximum absolute atomic E-state index is 13.5. The second kappa shape index (κ2) is 11.1. The minimum absolute atomic E-state index is 0.00781. The quantitative estimate of drug-likeness (QED) is 0.325. The highest BCUT2D eigenvalue weighted by atomic mass is 35.5. The van der Waals surface area contributed by atoms with Gasteiger partial charge in [0.25, 0.3) is 5.91 Å². The lowest BCUT2D eigenvalue weighted by Gasteiger charge is -2.26. The molecule has 222 valence electrons. The first-order valence-electron chi connectivity index (χ1n) is 12.7. The summed E-state index contributed by atoms with van der Waals surface area (Å²) in [5.41, 5.74) is -2.82. The molecule has 4 rings (SSSR count). The summed E-state index contributed by atoms with van der Waals surface area (Å²) >= 11 is 6.15. The predicted octanol–water partition coefficient (Wildman–Crippen LogP) is 4.75. The van der Waals surface area contributed by atoms with Crippen molar-refractivity contribution in [1.82, 2.24) is 9.80 Å². The zero-order valence-corrected chi connectivity index (χ0v) is 24.3. The third-order valence-electron chi connectivity index (χ3n) is 7.33. The van der Waals surface area contributed by atoms with Gasteiger partial charge in [-0.15, -0.1) is 0 Å². The minimum Gasteiger partial charge on any atom is -0.338 e. The Morgan fingerprint density at radius 1 is 1.10 bits per heavy atom. The Labute approximate surface area is 245 Å². The standard InChI is InChI=1S/C28H26ClF3N4O5S/c1-27(2)25(38)36(20-8-6-18(15-33)21(14-20)28(30,31)32)26(39)35(27)11-5-4-10-34-16-19(13-24(34)37)17-7-9-23(22(29)12-17)42(3,40)41/h4-9,12,14,19H,10-11,13,16H2,1-3H3/b5-4-. The van der Waals surface area contributed by atoms with Crippen molar-refractivity contribution in [2.24, 2.45) is 0 Å². The third-order valence-corrected chi connectivity index (χ3v) is 8.91. The number of amides is 4. The number of nitrogens with zero attached hydrogens (tertiary/aromatic N) is 4. The second-order valence-corrected chi connectivity index (χ2v) is 13.0. The second-order valence-electron chi connectivity index (χ2n) is 10.6. The van der Waals surface area contributed by atoms with Gasteiger partial charge >= 0.3 is 12.2 Å². The fourth-order valence-electron chi connectivity index (χ4n) is 5.00. The molecule has 0 saturated carbocycles. The predicted molar refractivity (Wildman–Crippen MR) is 147 cm³/mol. The van der Waals surface area contributed by atoms with E-state index in [0.29, 0.717) is 17.5 Å². The van der Waals surface area contributed by atoms with Crippen LogP contribution in [0.2, 0.25) is 5.02 Å². The fourth-order valence-corrected chi connectivity index (χ4v) is 6.34. The summed E-state index contributed by atoms with van der Waals surface area (Å²) in [5, 5.41) is 9.12. The molecule has 2 aliphatic heterocycles. The number of nitriles is 1. The molecule has 0 radical (unpaired) electrons. The summed E-state index contributed by atoms with van der Waals surface area (Å²) in [6, 6.07) is 7.90. The molecule has 4 amide bonds. The number of hydrogen-bond acceptors (Lipinski definition) is 6. The van der Waals surface area contributed by atoms with Gasteiger partial charge in [0.15, 0.2) is 9.84 Å². The SMILES string of the molecule is CC1(C)C(=O)N(c2ccc(C#N)c(C(F)(F)F)c2)C(=O)N1C/C=C\CN1CC(c2ccc(S(C)(=O)=O)c(Cl)c2)CC1=O. The van der Waals surface area contributed by atoms with E-state index in [4.69, 9.17) is 16.9 Å². The number of alkyl halides is 3. The van der Waals surface area contributed by atoms with Crippen molar-refractivity contribution in [3.8, 4) is 6.07 Å². The number of imide groups is 1. The van der Waals surface area contributed by atoms with Crippen molar-refractivity contribution < 1.29 is 36.0 Å². The van der Waals surface area contributed by atoms with Crippen molar-refractivity contribution >= 4 is 45.0 Å². The van der Waals surface area contributed by atoms with Gasteiger partial charge in [-0.1, -0.05) is 29.8 Å². The summed E-state index contributed by atoms with van der Waals surface area (Å²) < 4.78 is 64.1. The number of sulfone groups is 1. The Balaban J connectivity index is 1.44. The zero-order valence-electron chi connectivity index (χ0n) is 22.8. The molecular formula is C28H26ClF3N4O5S. The van der Waals surface area contributed by atoms with E-state index in [1.165, 1.54) is 30.9 Å². The van der Waals surface area contributed by atoms with E-state index in [2.05, 4.69) is 0 Å². The summed E-state index contributed by atoms with van der Waals surface area (Å²) in [5.74, 6) is -1.05. The smallest absolute Gasteiger partial charge is 0.338 e. The molecule has 42 heavy (non-hydrogen) atoms. The van der Waals surface area contributed by atoms with Crippen molar-refractivity contribution in [3.63, 3.8) is 0 Å². The largest absolute Gasteiger partial charge is 0.417 e. The zero-order chi connectivity index (χ0) is 31.2. The monoisotopic (exact) mass is 622 g/mol. The number of carbonyl (C=O) groups is 3. The van der Waals surface area contributed by atoms with Crippen LogP contribution in [-0.2, 0) is 25.6 Å². The average molecular weight is 623 g/mol. The molecular weight excluding hydrogens is 597 g/mol. The van der Waals surface area contributed by atoms with Crippen molar-refractivity contribution in [2.75, 3.05) is 30.8 Å². The normalized spacial score (nSPS) is 19.3. The number of likely N-dealkylation sites (tertiary alicyclic amines) is 1. The first-order chi connectivity index (χ1) is 19.5. The van der Waals surface area contributed by atoms with Gasteiger partial charge in [0.2, 0.25) is 5.91 Å². The highest BCUT2D eigenvalue weighted by Gasteiger charge is 2.51. The number of rotatable bonds is 7. The number of hydrogen-bond donors (Lipinski definition) is 0. The van der Waals surface area contributed by atoms with Gasteiger partial charge in [-0.3, -0.25) is 9.59 Å². The minimum atomic E-state index is -4.86. The van der Waals surface area contributed by atoms with Crippen LogP contribution in [-0.4, -0.2) is 67.5 Å². The molecule has 2 heterocycles. The van der Waals surface area contributed by atoms with Crippen LogP contribution in [0.5, 0.6) is 0 Å². The Kier molecular flexibility index (Phi) is 8.19. The van der Waals surface area contributed by atoms with Gasteiger partial charge in [-0.2, -0.15) is 18.4 Å². The van der Waals surface area contributed by atoms with Crippen LogP contribution >= 0.6 is 11.6 Å². The molecule has 0 aliphatic carbocycles. The van der Waals surface area contributed by atoms with E-state index >= 15 is 0 Å². The fraction of sp³-hybridized carbons (Fsp3) is 0.357. The number of halogens is 4. The summed E-state index contributed by atoms with van der Waals surface area (Å²) in [6.07, 6.45) is -0.354. The van der Waals surface area contributed by atoms with Gasteiger partial charge in [-0.05, 0) is 49.7 Å². The highest BCUT2D eigenvalue weighted by molar-refractivity contribution is 7.90. The molecule has 0 spiro atoms. The molecule has 0 aromatic heterocycles. The lowest BCUT2D eigenvalue weighted by Crippen LogP contribution is -2.44. The number of anilines is 1. The molecule has 1 unspecified atom stereocenters. The average Bonchev–Trinajstić information content (AvgIpc) is 3.34. The van der Waals surface area contributed by atoms with Gasteiger partial charge < -0.3 is 9.80 Å². The molecule has 14 heteroatoms. The van der Waals surface area contributed by atoms with E-state index in [9.17, 15) is 36.0 Å². The van der Waals surface area contributed by atoms with Crippen LogP contribution in [0.15, 0.2) is 53.4 Å². The van der Waals surface area contributed by atoms with Gasteiger partial charge in [0.1, 0.15) is 5.54 Å². The maximum Gasteiger partial charge on any atom is 0.417 e. The van der Waals surface area contributed by atoms with Crippen LogP contribution in [0.1, 0.15) is 42.9 Å². The first kappa shape index (κ1) is 31.1. The van der Waals surface area contributed by atoms with Crippen LogP contribution in [0, 0.1) is 11.3 Å². The molecule has 2 aromatic rings. The third kappa shape index (κ3) is 5.87. The van der Waals surface area contributed by atoms with Gasteiger partial charge in [-0.25, -0.2) is 18.1 Å². The lowest BCUT2D eigenvalue weighted by atomic mass is 9.98. The van der Waals surface area contributed by atoms with Crippen LogP contribution in [0.3, 0.4) is 0 Å². The Morgan fingerprint density at radius 2 is 1.76 bits per heavy atom. The molecule has 0 N–H and O–H groups in total. The highest BCUT2D eigenvalue weighted by Crippen LogP contribution is 2.38. The topological polar surface area (TPSA) is 119 Å². The summed E-state index contributed by atoms with van der Waals surface area (Å²) in [7, 11) is -3.49. The van der Waals surface area contributed by atoms with E-state index in [1.807, 2.05) is 0 Å². The lowest BCUT2D eigenvalue weighted by molar-refractivity contribution is -0.137. The summed E-state index contributed by atoms with van der Waals surface area (Å²) in [4.78, 5) is 42.4. The van der Waals surface area contributed by atoms with Crippen LogP contribution in [0.4, 0.5) is 23.7 Å². The number of benzene rings is 2. The van der Waals surface area contributed by atoms with Crippen molar-refractivity contribution in [3.05, 3.63) is 70.3 Å². The first-order valence-corrected chi connectivity index (χ1v) is 14.9. The molecule has 1 atom stereocenters. The van der Waals surface area contributed by atoms with E-state index in [0.717, 1.165) is 24.0 Å². The van der Waals surface area contributed by atoms with E-state index < -0.39 is 44.6 Å². The van der Waals surface area contributed by atoms with E-state index in [-0.39, 0.29) is 46.9 Å². The van der Waals surface area contributed by atoms with Crippen LogP contribution in [0.25, 0.3) is 0 Å². The number of carbonyl (C=O) groups excluding carboxylic acids is 3. The Bertz CT molecular complexity index is 1650. The molecule has 2 fully saturated rings. The molecule has 0 bridgehead atoms. The Morgan fingerprint density at radius 3 is 2.36 bits per heavy atom. The molecule has 2 saturated heterocycles. The van der Waals surface area contributed by atoms with Crippen LogP contribution < -0.4 is 4.90 Å². The van der Waals surface area contributed by atoms with Crippen molar-refractivity contribution in [2.45, 2.75) is 42.8 Å². The van der Waals surface area contributed by atoms with E-state index in [1.54, 1.807) is 29.2 Å². The molecule has 2 aliphatic rings. The molecule has 2 aromatic carbocycles. The van der Waals surface area contributed by atoms with Crippen molar-refractivity contribution in [1.29, 1.82) is 5.26 Å². The van der Waals surface area contributed by atoms with Gasteiger partial charge in [0, 0.05) is 38.2 Å². The maximum atomic E-state index is 13.5. The summed E-state index contributed by atoms with van der Waals surface area (Å²) in [6.45, 7) is 3.46. The Hall–Kier alpha value is -3.89.